The van der Waals surface area contributed by atoms with Gasteiger partial charge in [-0.25, -0.2) is 4.18 Å². The third kappa shape index (κ3) is 6.14. The van der Waals surface area contributed by atoms with Crippen LogP contribution >= 0.6 is 8.03 Å². The number of rotatable bonds is 5. The smallest absolute Gasteiger partial charge is 0.329 e. The second kappa shape index (κ2) is 5.29. The maximum absolute atomic E-state index is 12.2. The molecule has 0 amide bonds. The summed E-state index contributed by atoms with van der Waals surface area (Å²) in [5.41, 5.74) is 0. The van der Waals surface area contributed by atoms with Gasteiger partial charge in [-0.1, -0.05) is 0 Å². The molecule has 0 aliphatic carbocycles. The van der Waals surface area contributed by atoms with E-state index in [-0.39, 0.29) is 6.61 Å². The minimum absolute atomic E-state index is 0.225. The van der Waals surface area contributed by atoms with E-state index in [4.69, 9.17) is 0 Å². The molecule has 0 radical (unpaired) electrons. The zero-order valence-corrected chi connectivity index (χ0v) is 9.68. The maximum atomic E-state index is 12.2. The van der Waals surface area contributed by atoms with Gasteiger partial charge < -0.3 is 4.52 Å². The zero-order valence-electron chi connectivity index (χ0n) is 7.87. The average Bonchev–Trinajstić information content (AvgIpc) is 1.97. The summed E-state index contributed by atoms with van der Waals surface area (Å²) >= 11 is 0. The lowest BCUT2D eigenvalue weighted by molar-refractivity contribution is -0.169. The molecule has 92 valence electrons. The molecule has 0 rings (SSSR count). The van der Waals surface area contributed by atoms with Crippen molar-refractivity contribution in [3.05, 3.63) is 0 Å². The largest absolute Gasteiger partial charge is 0.425 e. The molecule has 0 N–H and O–H groups in total. The van der Waals surface area contributed by atoms with Crippen LogP contribution in [-0.2, 0) is 23.4 Å². The van der Waals surface area contributed by atoms with Crippen molar-refractivity contribution in [1.82, 2.24) is 0 Å². The van der Waals surface area contributed by atoms with Crippen molar-refractivity contribution in [3.63, 3.8) is 0 Å². The molecule has 0 aliphatic rings. The van der Waals surface area contributed by atoms with Gasteiger partial charge in [0.15, 0.2) is 0 Å². The Morgan fingerprint density at radius 1 is 1.40 bits per heavy atom. The Balaban J connectivity index is 4.84. The van der Waals surface area contributed by atoms with Crippen LogP contribution in [0.15, 0.2) is 0 Å². The minimum Gasteiger partial charge on any atom is -0.329 e. The summed E-state index contributed by atoms with van der Waals surface area (Å²) in [6.45, 7) is 1.11. The molecule has 2 unspecified atom stereocenters. The van der Waals surface area contributed by atoms with Crippen LogP contribution in [0.2, 0.25) is 0 Å². The molecule has 0 aromatic rings. The van der Waals surface area contributed by atoms with E-state index in [9.17, 15) is 26.2 Å². The minimum atomic E-state index is -5.05. The van der Waals surface area contributed by atoms with E-state index in [0.29, 0.717) is 6.26 Å². The Hall–Kier alpha value is -0.110. The third-order valence-corrected chi connectivity index (χ3v) is 3.23. The van der Waals surface area contributed by atoms with E-state index in [0.717, 1.165) is 0 Å². The molecule has 0 aromatic heterocycles. The van der Waals surface area contributed by atoms with Gasteiger partial charge >= 0.3 is 6.18 Å². The van der Waals surface area contributed by atoms with Crippen molar-refractivity contribution in [2.45, 2.75) is 18.9 Å². The summed E-state index contributed by atoms with van der Waals surface area (Å²) in [4.78, 5) is 0. The van der Waals surface area contributed by atoms with Crippen molar-refractivity contribution in [2.24, 2.45) is 0 Å². The van der Waals surface area contributed by atoms with Crippen LogP contribution in [-0.4, -0.2) is 33.3 Å². The highest BCUT2D eigenvalue weighted by atomic mass is 32.2. The van der Waals surface area contributed by atoms with Crippen LogP contribution in [0.1, 0.15) is 6.92 Å². The summed E-state index contributed by atoms with van der Waals surface area (Å²) in [6.07, 6.45) is -4.61. The summed E-state index contributed by atoms with van der Waals surface area (Å²) < 4.78 is 76.3. The van der Waals surface area contributed by atoms with Gasteiger partial charge in [0.2, 0.25) is 13.9 Å². The summed E-state index contributed by atoms with van der Waals surface area (Å²) in [6, 6.07) is 0. The molecule has 15 heavy (non-hydrogen) atoms. The topological polar surface area (TPSA) is 69.7 Å². The quantitative estimate of drug-likeness (QED) is 0.557. The van der Waals surface area contributed by atoms with Crippen molar-refractivity contribution >= 4 is 18.1 Å². The Morgan fingerprint density at radius 3 is 2.13 bits per heavy atom. The van der Waals surface area contributed by atoms with Crippen LogP contribution in [0.4, 0.5) is 13.2 Å². The Bertz CT molecular complexity index is 324. The van der Waals surface area contributed by atoms with Gasteiger partial charge in [0, 0.05) is 0 Å². The van der Waals surface area contributed by atoms with Crippen molar-refractivity contribution in [3.8, 4) is 0 Å². The van der Waals surface area contributed by atoms with Crippen LogP contribution in [0, 0.1) is 0 Å². The summed E-state index contributed by atoms with van der Waals surface area (Å²) in [7, 11) is -7.99. The highest BCUT2D eigenvalue weighted by Crippen LogP contribution is 2.41. The van der Waals surface area contributed by atoms with E-state index in [1.165, 1.54) is 6.92 Å². The van der Waals surface area contributed by atoms with Gasteiger partial charge in [-0.3, -0.25) is 4.57 Å². The molecular formula is C5H10F3O5PS. The summed E-state index contributed by atoms with van der Waals surface area (Å²) in [5.74, 6) is -2.92. The van der Waals surface area contributed by atoms with Gasteiger partial charge in [-0.15, -0.1) is 0 Å². The lowest BCUT2D eigenvalue weighted by atomic mass is 10.7. The van der Waals surface area contributed by atoms with Crippen LogP contribution in [0.5, 0.6) is 0 Å². The number of hydrogen-bond acceptors (Lipinski definition) is 5. The standard InChI is InChI=1S/C5H10F3O5PS/c1-3-12-14(9)4(5(6,7)8)13-15(2,10)11/h4,14H,3H2,1-2H3. The first-order valence-corrected chi connectivity index (χ1v) is 6.90. The van der Waals surface area contributed by atoms with Crippen LogP contribution in [0.25, 0.3) is 0 Å². The average molecular weight is 270 g/mol. The lowest BCUT2D eigenvalue weighted by Gasteiger charge is -2.18. The fourth-order valence-corrected chi connectivity index (χ4v) is 2.62. The molecule has 0 spiro atoms. The fraction of sp³-hybridized carbons (Fsp3) is 1.00. The molecule has 0 aliphatic heterocycles. The van der Waals surface area contributed by atoms with E-state index >= 15 is 0 Å². The van der Waals surface area contributed by atoms with Gasteiger partial charge in [0.1, 0.15) is 0 Å². The second-order valence-corrected chi connectivity index (χ2v) is 5.53. The van der Waals surface area contributed by atoms with Crippen LogP contribution in [0.3, 0.4) is 0 Å². The van der Waals surface area contributed by atoms with Gasteiger partial charge in [-0.2, -0.15) is 21.6 Å². The van der Waals surface area contributed by atoms with Crippen LogP contribution < -0.4 is 0 Å². The monoisotopic (exact) mass is 270 g/mol. The first-order chi connectivity index (χ1) is 6.58. The Kier molecular flexibility index (Phi) is 5.25. The predicted molar refractivity (Wildman–Crippen MR) is 46.4 cm³/mol. The molecular weight excluding hydrogens is 260 g/mol. The van der Waals surface area contributed by atoms with Crippen molar-refractivity contribution in [1.29, 1.82) is 0 Å². The number of hydrogen-bond donors (Lipinski definition) is 0. The normalized spacial score (nSPS) is 17.4. The van der Waals surface area contributed by atoms with E-state index < -0.39 is 30.2 Å². The molecule has 0 heterocycles. The van der Waals surface area contributed by atoms with Crippen molar-refractivity contribution < 1.29 is 34.9 Å². The maximum Gasteiger partial charge on any atom is 0.425 e. The van der Waals surface area contributed by atoms with Crippen molar-refractivity contribution in [2.75, 3.05) is 12.9 Å². The van der Waals surface area contributed by atoms with E-state index in [1.54, 1.807) is 0 Å². The predicted octanol–water partition coefficient (Wildman–Crippen LogP) is 1.36. The molecule has 0 fully saturated rings. The molecule has 5 nitrogen and oxygen atoms in total. The van der Waals surface area contributed by atoms with Gasteiger partial charge in [0.25, 0.3) is 10.1 Å². The zero-order chi connectivity index (χ0) is 12.3. The molecule has 0 saturated heterocycles. The Morgan fingerprint density at radius 2 is 1.87 bits per heavy atom. The second-order valence-electron chi connectivity index (χ2n) is 2.47. The third-order valence-electron chi connectivity index (χ3n) is 1.07. The summed E-state index contributed by atoms with van der Waals surface area (Å²) in [5, 5.41) is 0. The first-order valence-electron chi connectivity index (χ1n) is 3.69. The molecule has 0 bridgehead atoms. The molecule has 2 atom stereocenters. The van der Waals surface area contributed by atoms with Gasteiger partial charge in [0.05, 0.1) is 12.9 Å². The molecule has 10 heteroatoms. The van der Waals surface area contributed by atoms with E-state index in [2.05, 4.69) is 8.71 Å². The highest BCUT2D eigenvalue weighted by Gasteiger charge is 2.47. The fourth-order valence-electron chi connectivity index (χ4n) is 0.620. The first kappa shape index (κ1) is 14.9. The van der Waals surface area contributed by atoms with E-state index in [1.807, 2.05) is 0 Å². The SMILES string of the molecule is CCO[PH](=O)C(OS(C)(=O)=O)C(F)(F)F. The molecule has 0 saturated carbocycles. The number of alkyl halides is 3. The highest BCUT2D eigenvalue weighted by molar-refractivity contribution is 7.86. The molecule has 0 aromatic carbocycles. The Labute approximate surface area is 85.5 Å². The number of halogens is 3. The van der Waals surface area contributed by atoms with Gasteiger partial charge in [-0.05, 0) is 6.92 Å². The lowest BCUT2D eigenvalue weighted by Crippen LogP contribution is -2.31.